The monoisotopic (exact) mass is 394 g/mol. The van der Waals surface area contributed by atoms with Crippen LogP contribution in [0.2, 0.25) is 0 Å². The van der Waals surface area contributed by atoms with Crippen LogP contribution in [0, 0.1) is 11.8 Å². The first kappa shape index (κ1) is 17.6. The zero-order chi connectivity index (χ0) is 20.8. The first-order valence-electron chi connectivity index (χ1n) is 8.93. The number of hydrogen-bond donors (Lipinski definition) is 0. The third-order valence-electron chi connectivity index (χ3n) is 4.86. The summed E-state index contributed by atoms with van der Waals surface area (Å²) in [6.45, 7) is 0. The maximum Gasteiger partial charge on any atom is 0.346 e. The molecule has 2 aliphatic rings. The Morgan fingerprint density at radius 1 is 0.467 bits per heavy atom. The van der Waals surface area contributed by atoms with Crippen LogP contribution >= 0.6 is 0 Å². The van der Waals surface area contributed by atoms with Gasteiger partial charge in [0.1, 0.15) is 0 Å². The summed E-state index contributed by atoms with van der Waals surface area (Å²) in [5, 5.41) is 0. The van der Waals surface area contributed by atoms with E-state index in [-0.39, 0.29) is 22.3 Å². The van der Waals surface area contributed by atoms with Crippen molar-refractivity contribution >= 4 is 23.9 Å². The molecule has 0 fully saturated rings. The first-order chi connectivity index (χ1) is 14.5. The topological polar surface area (TPSA) is 86.7 Å². The van der Waals surface area contributed by atoms with Crippen molar-refractivity contribution in [1.29, 1.82) is 0 Å². The molecular formula is C24H10O6. The third kappa shape index (κ3) is 2.86. The molecule has 0 radical (unpaired) electrons. The van der Waals surface area contributed by atoms with Gasteiger partial charge in [0.25, 0.3) is 0 Å². The molecule has 0 unspecified atom stereocenters. The normalized spacial score (nSPS) is 13.9. The Morgan fingerprint density at radius 3 is 1.60 bits per heavy atom. The molecule has 0 saturated heterocycles. The second-order valence-electron chi connectivity index (χ2n) is 6.70. The molecule has 0 bridgehead atoms. The van der Waals surface area contributed by atoms with E-state index in [1.165, 1.54) is 12.1 Å². The molecule has 0 saturated carbocycles. The standard InChI is InChI=1S/C24H10O6/c25-21-17-9-5-14(11-19(17)23(27)29-21)2-1-13-3-6-15(7-4-13)16-8-10-18-20(12-16)24(28)30-22(18)26/h3-12H. The molecule has 0 amide bonds. The molecule has 2 heterocycles. The predicted molar refractivity (Wildman–Crippen MR) is 104 cm³/mol. The smallest absolute Gasteiger partial charge is 0.346 e. The van der Waals surface area contributed by atoms with E-state index in [9.17, 15) is 19.2 Å². The first-order valence-corrected chi connectivity index (χ1v) is 8.93. The number of fused-ring (bicyclic) bond motifs is 2. The lowest BCUT2D eigenvalue weighted by Crippen LogP contribution is -1.96. The van der Waals surface area contributed by atoms with Crippen molar-refractivity contribution in [3.8, 4) is 23.0 Å². The summed E-state index contributed by atoms with van der Waals surface area (Å²) in [7, 11) is 0. The summed E-state index contributed by atoms with van der Waals surface area (Å²) >= 11 is 0. The van der Waals surface area contributed by atoms with Gasteiger partial charge in [0.2, 0.25) is 0 Å². The van der Waals surface area contributed by atoms with E-state index >= 15 is 0 Å². The highest BCUT2D eigenvalue weighted by Crippen LogP contribution is 2.27. The van der Waals surface area contributed by atoms with Gasteiger partial charge in [-0.15, -0.1) is 0 Å². The number of carbonyl (C=O) groups excluding carboxylic acids is 4. The van der Waals surface area contributed by atoms with E-state index in [1.54, 1.807) is 24.3 Å². The zero-order valence-electron chi connectivity index (χ0n) is 15.2. The molecule has 3 aromatic rings. The van der Waals surface area contributed by atoms with Crippen molar-refractivity contribution in [1.82, 2.24) is 0 Å². The minimum atomic E-state index is -0.664. The minimum absolute atomic E-state index is 0.218. The number of benzene rings is 3. The van der Waals surface area contributed by atoms with E-state index in [1.807, 2.05) is 24.3 Å². The Balaban J connectivity index is 1.40. The van der Waals surface area contributed by atoms with Crippen LogP contribution in [0.15, 0.2) is 60.7 Å². The van der Waals surface area contributed by atoms with E-state index in [4.69, 9.17) is 0 Å². The average Bonchev–Trinajstić information content (AvgIpc) is 3.21. The molecule has 3 aromatic carbocycles. The van der Waals surface area contributed by atoms with Gasteiger partial charge in [0, 0.05) is 11.1 Å². The molecule has 6 nitrogen and oxygen atoms in total. The fourth-order valence-corrected chi connectivity index (χ4v) is 3.32. The van der Waals surface area contributed by atoms with Crippen LogP contribution < -0.4 is 0 Å². The van der Waals surface area contributed by atoms with Gasteiger partial charge in [0.05, 0.1) is 22.3 Å². The molecule has 0 atom stereocenters. The highest BCUT2D eigenvalue weighted by atomic mass is 16.6. The second kappa shape index (κ2) is 6.54. The zero-order valence-corrected chi connectivity index (χ0v) is 15.2. The SMILES string of the molecule is O=C1OC(=O)c2cc(C#Cc3ccc(-c4ccc5c(c4)C(=O)OC5=O)cc3)ccc21. The van der Waals surface area contributed by atoms with Gasteiger partial charge in [-0.05, 0) is 53.6 Å². The lowest BCUT2D eigenvalue weighted by molar-refractivity contribution is 0.0425. The van der Waals surface area contributed by atoms with Gasteiger partial charge < -0.3 is 9.47 Å². The van der Waals surface area contributed by atoms with E-state index < -0.39 is 23.9 Å². The van der Waals surface area contributed by atoms with E-state index in [2.05, 4.69) is 21.3 Å². The van der Waals surface area contributed by atoms with Crippen molar-refractivity contribution in [2.75, 3.05) is 0 Å². The minimum Gasteiger partial charge on any atom is -0.386 e. The third-order valence-corrected chi connectivity index (χ3v) is 4.86. The maximum atomic E-state index is 11.7. The van der Waals surface area contributed by atoms with Crippen molar-refractivity contribution < 1.29 is 28.7 Å². The van der Waals surface area contributed by atoms with Gasteiger partial charge in [0.15, 0.2) is 0 Å². The highest BCUT2D eigenvalue weighted by Gasteiger charge is 2.30. The molecule has 6 heteroatoms. The number of esters is 4. The van der Waals surface area contributed by atoms with Gasteiger partial charge in [-0.2, -0.15) is 0 Å². The molecule has 0 aromatic heterocycles. The van der Waals surface area contributed by atoms with Gasteiger partial charge in [-0.25, -0.2) is 19.2 Å². The fraction of sp³-hybridized carbons (Fsp3) is 0. The second-order valence-corrected chi connectivity index (χ2v) is 6.70. The Kier molecular flexibility index (Phi) is 3.83. The summed E-state index contributed by atoms with van der Waals surface area (Å²) < 4.78 is 9.18. The largest absolute Gasteiger partial charge is 0.386 e. The molecular weight excluding hydrogens is 384 g/mol. The van der Waals surface area contributed by atoms with Crippen LogP contribution in [-0.2, 0) is 9.47 Å². The van der Waals surface area contributed by atoms with E-state index in [0.29, 0.717) is 5.56 Å². The number of hydrogen-bond acceptors (Lipinski definition) is 6. The molecule has 30 heavy (non-hydrogen) atoms. The number of rotatable bonds is 1. The molecule has 5 rings (SSSR count). The summed E-state index contributed by atoms with van der Waals surface area (Å²) in [4.78, 5) is 46.4. The quantitative estimate of drug-likeness (QED) is 0.357. The Hall–Kier alpha value is -4.50. The summed E-state index contributed by atoms with van der Waals surface area (Å²) in [5.41, 5.74) is 3.96. The van der Waals surface area contributed by atoms with Crippen LogP contribution in [0.3, 0.4) is 0 Å². The number of carbonyl (C=O) groups is 4. The summed E-state index contributed by atoms with van der Waals surface area (Å²) in [6.07, 6.45) is 0. The summed E-state index contributed by atoms with van der Waals surface area (Å²) in [5.74, 6) is 3.39. The van der Waals surface area contributed by atoms with Gasteiger partial charge in [-0.3, -0.25) is 0 Å². The van der Waals surface area contributed by atoms with Gasteiger partial charge in [-0.1, -0.05) is 30.0 Å². The Labute approximate surface area is 170 Å². The molecule has 0 aliphatic carbocycles. The summed E-state index contributed by atoms with van der Waals surface area (Å²) in [6, 6.07) is 17.0. The fourth-order valence-electron chi connectivity index (χ4n) is 3.32. The average molecular weight is 394 g/mol. The van der Waals surface area contributed by atoms with Crippen molar-refractivity contribution in [2.45, 2.75) is 0 Å². The van der Waals surface area contributed by atoms with Crippen molar-refractivity contribution in [2.24, 2.45) is 0 Å². The molecule has 2 aliphatic heterocycles. The maximum absolute atomic E-state index is 11.7. The molecule has 142 valence electrons. The highest BCUT2D eigenvalue weighted by molar-refractivity contribution is 6.15. The Morgan fingerprint density at radius 2 is 0.933 bits per heavy atom. The lowest BCUT2D eigenvalue weighted by Gasteiger charge is -2.03. The molecule has 0 spiro atoms. The van der Waals surface area contributed by atoms with Crippen LogP contribution in [-0.4, -0.2) is 23.9 Å². The lowest BCUT2D eigenvalue weighted by atomic mass is 9.99. The van der Waals surface area contributed by atoms with Crippen molar-refractivity contribution in [3.05, 3.63) is 94.0 Å². The Bertz CT molecular complexity index is 1350. The number of cyclic esters (lactones) is 4. The van der Waals surface area contributed by atoms with Crippen LogP contribution in [0.1, 0.15) is 52.6 Å². The van der Waals surface area contributed by atoms with Crippen LogP contribution in [0.4, 0.5) is 0 Å². The van der Waals surface area contributed by atoms with E-state index in [0.717, 1.165) is 16.7 Å². The molecule has 0 N–H and O–H groups in total. The van der Waals surface area contributed by atoms with Crippen LogP contribution in [0.25, 0.3) is 11.1 Å². The number of ether oxygens (including phenoxy) is 2. The van der Waals surface area contributed by atoms with Crippen LogP contribution in [0.5, 0.6) is 0 Å². The van der Waals surface area contributed by atoms with Gasteiger partial charge >= 0.3 is 23.9 Å². The predicted octanol–water partition coefficient (Wildman–Crippen LogP) is 3.37. The van der Waals surface area contributed by atoms with Crippen molar-refractivity contribution in [3.63, 3.8) is 0 Å².